The normalized spacial score (nSPS) is 36.3. The molecule has 1 aromatic rings. The molecular weight excluding hydrogens is 476 g/mol. The van der Waals surface area contributed by atoms with Crippen molar-refractivity contribution in [3.8, 4) is 0 Å². The Morgan fingerprint density at radius 3 is 2.17 bits per heavy atom. The van der Waals surface area contributed by atoms with E-state index in [0.717, 1.165) is 17.4 Å². The first-order chi connectivity index (χ1) is 13.8. The summed E-state index contributed by atoms with van der Waals surface area (Å²) in [6.45, 7) is 1.38. The van der Waals surface area contributed by atoms with Gasteiger partial charge >= 0.3 is 0 Å². The van der Waals surface area contributed by atoms with Crippen molar-refractivity contribution >= 4 is 43.6 Å². The van der Waals surface area contributed by atoms with E-state index in [0.29, 0.717) is 0 Å². The molecule has 0 aliphatic carbocycles. The van der Waals surface area contributed by atoms with E-state index >= 15 is 0 Å². The first-order valence-electron chi connectivity index (χ1n) is 9.13. The van der Waals surface area contributed by atoms with E-state index in [1.165, 1.54) is 18.9 Å². The maximum absolute atomic E-state index is 11.7. The standard InChI is InChI=1S/C18H25ClO8S3/c1-17-14(11-26-30(4,22)23)13(10-25-29(3,20)21)15(27-17)16(19)18(17,24-2)28-12-8-6-5-7-9-12/h5-9,13-16H,10-11H2,1-4H3/t13-,14+,15-,16-,17+,18+/m0/s1. The summed E-state index contributed by atoms with van der Waals surface area (Å²) in [5.74, 6) is -1.06. The van der Waals surface area contributed by atoms with E-state index in [4.69, 9.17) is 29.4 Å². The summed E-state index contributed by atoms with van der Waals surface area (Å²) in [6.07, 6.45) is 1.29. The summed E-state index contributed by atoms with van der Waals surface area (Å²) < 4.78 is 68.8. The highest BCUT2D eigenvalue weighted by Gasteiger charge is 2.75. The Balaban J connectivity index is 1.98. The van der Waals surface area contributed by atoms with Crippen LogP contribution < -0.4 is 0 Å². The van der Waals surface area contributed by atoms with Gasteiger partial charge < -0.3 is 9.47 Å². The summed E-state index contributed by atoms with van der Waals surface area (Å²) >= 11 is 8.22. The molecule has 2 aliphatic rings. The molecule has 170 valence electrons. The number of halogens is 1. The fraction of sp³-hybridized carbons (Fsp3) is 0.667. The monoisotopic (exact) mass is 500 g/mol. The van der Waals surface area contributed by atoms with Gasteiger partial charge in [0.15, 0.2) is 4.93 Å². The van der Waals surface area contributed by atoms with Gasteiger partial charge in [0.25, 0.3) is 20.2 Å². The minimum Gasteiger partial charge on any atom is -0.366 e. The summed E-state index contributed by atoms with van der Waals surface area (Å²) in [7, 11) is -5.92. The number of thioether (sulfide) groups is 1. The number of fused-ring (bicyclic) bond motifs is 2. The second-order valence-corrected chi connectivity index (χ2v) is 12.7. The number of benzene rings is 1. The van der Waals surface area contributed by atoms with Gasteiger partial charge in [-0.15, -0.1) is 11.6 Å². The lowest BCUT2D eigenvalue weighted by Crippen LogP contribution is -2.62. The predicted molar refractivity (Wildman–Crippen MR) is 114 cm³/mol. The van der Waals surface area contributed by atoms with E-state index in [9.17, 15) is 16.8 Å². The zero-order valence-electron chi connectivity index (χ0n) is 17.0. The van der Waals surface area contributed by atoms with Crippen LogP contribution in [0.2, 0.25) is 0 Å². The third-order valence-corrected chi connectivity index (χ3v) is 9.07. The summed E-state index contributed by atoms with van der Waals surface area (Å²) in [4.78, 5) is -0.165. The fourth-order valence-corrected chi connectivity index (χ4v) is 7.12. The number of hydrogen-bond acceptors (Lipinski definition) is 9. The molecule has 0 N–H and O–H groups in total. The first-order valence-corrected chi connectivity index (χ1v) is 14.0. The maximum Gasteiger partial charge on any atom is 0.264 e. The third-order valence-electron chi connectivity index (χ3n) is 5.62. The van der Waals surface area contributed by atoms with Gasteiger partial charge in [-0.1, -0.05) is 30.0 Å². The van der Waals surface area contributed by atoms with Crippen molar-refractivity contribution in [1.82, 2.24) is 0 Å². The van der Waals surface area contributed by atoms with Crippen LogP contribution in [0, 0.1) is 11.8 Å². The lowest BCUT2D eigenvalue weighted by molar-refractivity contribution is -0.0978. The second-order valence-electron chi connectivity index (χ2n) is 7.63. The molecule has 0 saturated carbocycles. The lowest BCUT2D eigenvalue weighted by Gasteiger charge is -2.48. The summed E-state index contributed by atoms with van der Waals surface area (Å²) in [5.41, 5.74) is -1.07. The molecule has 2 bridgehead atoms. The minimum atomic E-state index is -3.73. The van der Waals surface area contributed by atoms with Gasteiger partial charge in [-0.2, -0.15) is 16.8 Å². The van der Waals surface area contributed by atoms with E-state index in [1.54, 1.807) is 6.92 Å². The van der Waals surface area contributed by atoms with Gasteiger partial charge in [-0.3, -0.25) is 8.37 Å². The highest BCUT2D eigenvalue weighted by atomic mass is 35.5. The molecule has 2 saturated heterocycles. The SMILES string of the molecule is CO[C@@]1(Sc2ccccc2)[C@@H](Cl)[C@H]2O[C@]1(C)[C@H](COS(C)(=O)=O)[C@@H]2COS(C)(=O)=O. The van der Waals surface area contributed by atoms with Crippen LogP contribution in [0.5, 0.6) is 0 Å². The minimum absolute atomic E-state index is 0.199. The highest BCUT2D eigenvalue weighted by Crippen LogP contribution is 2.64. The molecule has 0 aromatic heterocycles. The quantitative estimate of drug-likeness (QED) is 0.286. The molecule has 3 rings (SSSR count). The largest absolute Gasteiger partial charge is 0.366 e. The van der Waals surface area contributed by atoms with Crippen molar-refractivity contribution in [3.05, 3.63) is 30.3 Å². The van der Waals surface area contributed by atoms with E-state index in [1.807, 2.05) is 30.3 Å². The molecule has 0 radical (unpaired) electrons. The van der Waals surface area contributed by atoms with E-state index in [-0.39, 0.29) is 13.2 Å². The van der Waals surface area contributed by atoms with Crippen LogP contribution in [-0.4, -0.2) is 71.7 Å². The molecule has 2 aliphatic heterocycles. The Bertz CT molecular complexity index is 970. The van der Waals surface area contributed by atoms with Crippen molar-refractivity contribution in [2.75, 3.05) is 32.8 Å². The van der Waals surface area contributed by atoms with Gasteiger partial charge in [-0.25, -0.2) is 0 Å². The Morgan fingerprint density at radius 2 is 1.63 bits per heavy atom. The van der Waals surface area contributed by atoms with Crippen molar-refractivity contribution in [2.24, 2.45) is 11.8 Å². The molecule has 1 aromatic carbocycles. The molecule has 0 unspecified atom stereocenters. The Labute approximate surface area is 186 Å². The van der Waals surface area contributed by atoms with Crippen LogP contribution in [0.25, 0.3) is 0 Å². The molecule has 30 heavy (non-hydrogen) atoms. The van der Waals surface area contributed by atoms with Crippen molar-refractivity contribution in [2.45, 2.75) is 33.8 Å². The highest BCUT2D eigenvalue weighted by molar-refractivity contribution is 8.00. The first kappa shape index (κ1) is 24.2. The fourth-order valence-electron chi connectivity index (χ4n) is 4.27. The van der Waals surface area contributed by atoms with Gasteiger partial charge in [0.2, 0.25) is 0 Å². The third kappa shape index (κ3) is 4.54. The van der Waals surface area contributed by atoms with Crippen LogP contribution in [0.3, 0.4) is 0 Å². The lowest BCUT2D eigenvalue weighted by atomic mass is 9.71. The number of hydrogen-bond donors (Lipinski definition) is 0. The van der Waals surface area contributed by atoms with Gasteiger partial charge in [0, 0.05) is 23.8 Å². The summed E-state index contributed by atoms with van der Waals surface area (Å²) in [5, 5.41) is -0.652. The molecule has 2 heterocycles. The smallest absolute Gasteiger partial charge is 0.264 e. The average Bonchev–Trinajstić information content (AvgIpc) is 3.05. The predicted octanol–water partition coefficient (Wildman–Crippen LogP) is 2.08. The van der Waals surface area contributed by atoms with Crippen LogP contribution in [0.4, 0.5) is 0 Å². The van der Waals surface area contributed by atoms with E-state index < -0.39 is 54.1 Å². The number of methoxy groups -OCH3 is 1. The molecule has 8 nitrogen and oxygen atoms in total. The molecule has 0 spiro atoms. The molecule has 12 heteroatoms. The van der Waals surface area contributed by atoms with Crippen LogP contribution >= 0.6 is 23.4 Å². The van der Waals surface area contributed by atoms with Crippen LogP contribution in [0.1, 0.15) is 6.92 Å². The van der Waals surface area contributed by atoms with Gasteiger partial charge in [0.1, 0.15) is 11.0 Å². The zero-order chi connectivity index (χ0) is 22.4. The average molecular weight is 501 g/mol. The molecule has 6 atom stereocenters. The molecular formula is C18H25ClO8S3. The number of rotatable bonds is 9. The molecule has 2 fully saturated rings. The van der Waals surface area contributed by atoms with Gasteiger partial charge in [-0.05, 0) is 19.1 Å². The zero-order valence-corrected chi connectivity index (χ0v) is 20.2. The van der Waals surface area contributed by atoms with Crippen molar-refractivity contribution in [1.29, 1.82) is 0 Å². The van der Waals surface area contributed by atoms with Crippen LogP contribution in [-0.2, 0) is 38.1 Å². The number of alkyl halides is 1. The maximum atomic E-state index is 11.7. The Morgan fingerprint density at radius 1 is 1.07 bits per heavy atom. The Kier molecular flexibility index (Phi) is 6.88. The van der Waals surface area contributed by atoms with Crippen molar-refractivity contribution in [3.63, 3.8) is 0 Å². The molecule has 0 amide bonds. The summed E-state index contributed by atoms with van der Waals surface area (Å²) in [6, 6.07) is 9.49. The van der Waals surface area contributed by atoms with Gasteiger partial charge in [0.05, 0.1) is 31.8 Å². The number of ether oxygens (including phenoxy) is 2. The topological polar surface area (TPSA) is 105 Å². The second kappa shape index (κ2) is 8.51. The Hall–Kier alpha value is -0.400. The van der Waals surface area contributed by atoms with Crippen molar-refractivity contribution < 1.29 is 34.7 Å². The van der Waals surface area contributed by atoms with E-state index in [2.05, 4.69) is 0 Å². The van der Waals surface area contributed by atoms with Crippen LogP contribution in [0.15, 0.2) is 35.2 Å².